The summed E-state index contributed by atoms with van der Waals surface area (Å²) in [5.41, 5.74) is 0. The van der Waals surface area contributed by atoms with E-state index in [1.807, 2.05) is 7.05 Å². The molecule has 0 fully saturated rings. The first-order valence-corrected chi connectivity index (χ1v) is 5.32. The maximum Gasteiger partial charge on any atom is 0.126 e. The molecule has 0 aliphatic heterocycles. The predicted octanol–water partition coefficient (Wildman–Crippen LogP) is 2.59. The van der Waals surface area contributed by atoms with Gasteiger partial charge in [0.25, 0.3) is 0 Å². The number of nitrogens with one attached hydrogen (secondary N) is 1. The summed E-state index contributed by atoms with van der Waals surface area (Å²) in [4.78, 5) is 0. The molecule has 1 aromatic rings. The second-order valence-electron chi connectivity index (χ2n) is 3.54. The van der Waals surface area contributed by atoms with E-state index in [1.165, 1.54) is 12.1 Å². The number of benzene rings is 1. The fourth-order valence-corrected chi connectivity index (χ4v) is 1.41. The molecule has 0 aliphatic carbocycles. The van der Waals surface area contributed by atoms with E-state index in [2.05, 4.69) is 12.2 Å². The lowest BCUT2D eigenvalue weighted by atomic mass is 10.2. The second-order valence-corrected chi connectivity index (χ2v) is 3.54. The van der Waals surface area contributed by atoms with E-state index in [4.69, 9.17) is 4.74 Å². The minimum atomic E-state index is -0.260. The molecule has 0 unspecified atom stereocenters. The molecular weight excluding hydrogens is 193 g/mol. The zero-order chi connectivity index (χ0) is 11.1. The highest BCUT2D eigenvalue weighted by molar-refractivity contribution is 5.22. The Kier molecular flexibility index (Phi) is 5.12. The van der Waals surface area contributed by atoms with Gasteiger partial charge in [-0.1, -0.05) is 19.4 Å². The van der Waals surface area contributed by atoms with Gasteiger partial charge in [0.15, 0.2) is 0 Å². The molecule has 1 rings (SSSR count). The van der Waals surface area contributed by atoms with Crippen LogP contribution < -0.4 is 10.1 Å². The minimum Gasteiger partial charge on any atom is -0.492 e. The van der Waals surface area contributed by atoms with Gasteiger partial charge in [-0.15, -0.1) is 0 Å². The molecule has 0 bridgehead atoms. The fraction of sp³-hybridized carbons (Fsp3) is 0.500. The largest absolute Gasteiger partial charge is 0.492 e. The lowest BCUT2D eigenvalue weighted by molar-refractivity contribution is 0.262. The molecule has 0 aliphatic rings. The molecule has 15 heavy (non-hydrogen) atoms. The standard InChI is InChI=1S/C12H18FNO/c1-3-5-11(14-2)9-15-12-7-4-6-10(13)8-12/h4,6-8,11,14H,3,5,9H2,1-2H3/t11-/m0/s1. The molecule has 0 aromatic heterocycles. The maximum absolute atomic E-state index is 12.8. The molecule has 1 aromatic carbocycles. The van der Waals surface area contributed by atoms with Gasteiger partial charge in [0.05, 0.1) is 0 Å². The third kappa shape index (κ3) is 4.30. The van der Waals surface area contributed by atoms with Crippen molar-refractivity contribution in [3.63, 3.8) is 0 Å². The average Bonchev–Trinajstić information content (AvgIpc) is 2.24. The lowest BCUT2D eigenvalue weighted by Gasteiger charge is -2.16. The summed E-state index contributed by atoms with van der Waals surface area (Å²) in [6.07, 6.45) is 2.17. The number of likely N-dealkylation sites (N-methyl/N-ethyl adjacent to an activating group) is 1. The van der Waals surface area contributed by atoms with E-state index in [0.29, 0.717) is 18.4 Å². The molecule has 0 amide bonds. The van der Waals surface area contributed by atoms with Gasteiger partial charge in [-0.25, -0.2) is 4.39 Å². The number of hydrogen-bond acceptors (Lipinski definition) is 2. The monoisotopic (exact) mass is 211 g/mol. The van der Waals surface area contributed by atoms with Crippen molar-refractivity contribution in [1.82, 2.24) is 5.32 Å². The number of hydrogen-bond donors (Lipinski definition) is 1. The molecule has 0 heterocycles. The zero-order valence-corrected chi connectivity index (χ0v) is 9.29. The van der Waals surface area contributed by atoms with Crippen molar-refractivity contribution in [2.24, 2.45) is 0 Å². The highest BCUT2D eigenvalue weighted by Crippen LogP contribution is 2.12. The van der Waals surface area contributed by atoms with E-state index in [1.54, 1.807) is 12.1 Å². The molecule has 1 atom stereocenters. The summed E-state index contributed by atoms with van der Waals surface area (Å²) >= 11 is 0. The summed E-state index contributed by atoms with van der Waals surface area (Å²) < 4.78 is 18.3. The Balaban J connectivity index is 2.41. The maximum atomic E-state index is 12.8. The Morgan fingerprint density at radius 1 is 1.47 bits per heavy atom. The molecule has 0 saturated heterocycles. The third-order valence-electron chi connectivity index (χ3n) is 2.29. The highest BCUT2D eigenvalue weighted by atomic mass is 19.1. The van der Waals surface area contributed by atoms with Crippen LogP contribution in [0.4, 0.5) is 4.39 Å². The van der Waals surface area contributed by atoms with Crippen molar-refractivity contribution in [2.75, 3.05) is 13.7 Å². The SMILES string of the molecule is CCC[C@@H](COc1cccc(F)c1)NC. The van der Waals surface area contributed by atoms with Crippen molar-refractivity contribution in [3.8, 4) is 5.75 Å². The second kappa shape index (κ2) is 6.40. The van der Waals surface area contributed by atoms with Crippen LogP contribution in [0, 0.1) is 5.82 Å². The van der Waals surface area contributed by atoms with Crippen molar-refractivity contribution >= 4 is 0 Å². The van der Waals surface area contributed by atoms with Crippen molar-refractivity contribution in [2.45, 2.75) is 25.8 Å². The van der Waals surface area contributed by atoms with Crippen LogP contribution in [0.3, 0.4) is 0 Å². The Bertz CT molecular complexity index is 291. The van der Waals surface area contributed by atoms with Gasteiger partial charge in [-0.05, 0) is 25.6 Å². The average molecular weight is 211 g/mol. The molecule has 2 nitrogen and oxygen atoms in total. The van der Waals surface area contributed by atoms with E-state index >= 15 is 0 Å². The summed E-state index contributed by atoms with van der Waals surface area (Å²) in [7, 11) is 1.91. The van der Waals surface area contributed by atoms with Crippen LogP contribution >= 0.6 is 0 Å². The van der Waals surface area contributed by atoms with Gasteiger partial charge in [-0.3, -0.25) is 0 Å². The van der Waals surface area contributed by atoms with Crippen LogP contribution in [0.1, 0.15) is 19.8 Å². The summed E-state index contributed by atoms with van der Waals surface area (Å²) in [5.74, 6) is 0.329. The number of ether oxygens (including phenoxy) is 1. The molecular formula is C12H18FNO. The third-order valence-corrected chi connectivity index (χ3v) is 2.29. The van der Waals surface area contributed by atoms with Crippen LogP contribution in [-0.2, 0) is 0 Å². The predicted molar refractivity (Wildman–Crippen MR) is 59.7 cm³/mol. The van der Waals surface area contributed by atoms with Gasteiger partial charge in [-0.2, -0.15) is 0 Å². The van der Waals surface area contributed by atoms with Crippen molar-refractivity contribution in [3.05, 3.63) is 30.1 Å². The number of rotatable bonds is 6. The van der Waals surface area contributed by atoms with Gasteiger partial charge < -0.3 is 10.1 Å². The smallest absolute Gasteiger partial charge is 0.126 e. The van der Waals surface area contributed by atoms with Crippen LogP contribution in [0.5, 0.6) is 5.75 Å². The number of halogens is 1. The zero-order valence-electron chi connectivity index (χ0n) is 9.29. The molecule has 0 saturated carbocycles. The van der Waals surface area contributed by atoms with Gasteiger partial charge in [0.2, 0.25) is 0 Å². The van der Waals surface area contributed by atoms with E-state index in [9.17, 15) is 4.39 Å². The molecule has 0 spiro atoms. The fourth-order valence-electron chi connectivity index (χ4n) is 1.41. The highest BCUT2D eigenvalue weighted by Gasteiger charge is 2.05. The van der Waals surface area contributed by atoms with Crippen LogP contribution in [0.15, 0.2) is 24.3 Å². The summed E-state index contributed by atoms with van der Waals surface area (Å²) in [6, 6.07) is 6.56. The molecule has 84 valence electrons. The first kappa shape index (κ1) is 12.0. The lowest BCUT2D eigenvalue weighted by Crippen LogP contribution is -2.31. The Labute approximate surface area is 90.4 Å². The molecule has 1 N–H and O–H groups in total. The van der Waals surface area contributed by atoms with Crippen molar-refractivity contribution < 1.29 is 9.13 Å². The minimum absolute atomic E-state index is 0.260. The quantitative estimate of drug-likeness (QED) is 0.781. The van der Waals surface area contributed by atoms with E-state index in [-0.39, 0.29) is 5.82 Å². The van der Waals surface area contributed by atoms with Crippen LogP contribution in [-0.4, -0.2) is 19.7 Å². The summed E-state index contributed by atoms with van der Waals surface area (Å²) in [5, 5.41) is 3.17. The molecule has 3 heteroatoms. The summed E-state index contributed by atoms with van der Waals surface area (Å²) in [6.45, 7) is 2.71. The molecule has 0 radical (unpaired) electrons. The van der Waals surface area contributed by atoms with Crippen LogP contribution in [0.25, 0.3) is 0 Å². The van der Waals surface area contributed by atoms with Gasteiger partial charge in [0, 0.05) is 12.1 Å². The van der Waals surface area contributed by atoms with E-state index in [0.717, 1.165) is 12.8 Å². The first-order chi connectivity index (χ1) is 7.26. The van der Waals surface area contributed by atoms with E-state index < -0.39 is 0 Å². The van der Waals surface area contributed by atoms with Gasteiger partial charge in [0.1, 0.15) is 18.2 Å². The first-order valence-electron chi connectivity index (χ1n) is 5.32. The van der Waals surface area contributed by atoms with Gasteiger partial charge >= 0.3 is 0 Å². The Hall–Kier alpha value is -1.09. The normalized spacial score (nSPS) is 12.5. The van der Waals surface area contributed by atoms with Crippen molar-refractivity contribution in [1.29, 1.82) is 0 Å². The Morgan fingerprint density at radius 3 is 2.87 bits per heavy atom. The van der Waals surface area contributed by atoms with Crippen LogP contribution in [0.2, 0.25) is 0 Å². The topological polar surface area (TPSA) is 21.3 Å². The Morgan fingerprint density at radius 2 is 2.27 bits per heavy atom.